The van der Waals surface area contributed by atoms with Crippen LogP contribution in [0, 0.1) is 5.41 Å². The smallest absolute Gasteiger partial charge is 0.265 e. The molecular formula is C21H24F2N4. The number of rotatable bonds is 4. The second-order valence-electron chi connectivity index (χ2n) is 7.97. The highest BCUT2D eigenvalue weighted by molar-refractivity contribution is 5.62. The Hall–Kier alpha value is -2.50. The highest BCUT2D eigenvalue weighted by Gasteiger charge is 2.32. The van der Waals surface area contributed by atoms with Crippen LogP contribution in [0.2, 0.25) is 0 Å². The van der Waals surface area contributed by atoms with E-state index in [1.165, 1.54) is 31.5 Å². The lowest BCUT2D eigenvalue weighted by molar-refractivity contribution is 0.151. The van der Waals surface area contributed by atoms with Crippen molar-refractivity contribution < 1.29 is 8.78 Å². The predicted molar refractivity (Wildman–Crippen MR) is 103 cm³/mol. The minimum absolute atomic E-state index is 0.0278. The van der Waals surface area contributed by atoms with Gasteiger partial charge in [0.15, 0.2) is 0 Å². The van der Waals surface area contributed by atoms with Crippen molar-refractivity contribution in [1.29, 1.82) is 0 Å². The van der Waals surface area contributed by atoms with E-state index in [1.807, 2.05) is 18.2 Å². The van der Waals surface area contributed by atoms with Gasteiger partial charge in [-0.05, 0) is 42.5 Å². The van der Waals surface area contributed by atoms with Crippen LogP contribution in [-0.2, 0) is 0 Å². The molecule has 3 heterocycles. The van der Waals surface area contributed by atoms with Gasteiger partial charge >= 0.3 is 0 Å². The van der Waals surface area contributed by atoms with Gasteiger partial charge in [0.1, 0.15) is 11.5 Å². The number of alkyl halides is 2. The number of fused-ring (bicyclic) bond motifs is 1. The summed E-state index contributed by atoms with van der Waals surface area (Å²) in [4.78, 5) is 9.06. The van der Waals surface area contributed by atoms with Gasteiger partial charge in [0.25, 0.3) is 6.43 Å². The summed E-state index contributed by atoms with van der Waals surface area (Å²) in [5.74, 6) is 0.812. The summed E-state index contributed by atoms with van der Waals surface area (Å²) >= 11 is 0. The normalized spacial score (nSPS) is 19.5. The number of hydrogen-bond donors (Lipinski definition) is 1. The first kappa shape index (κ1) is 17.9. The molecule has 27 heavy (non-hydrogen) atoms. The van der Waals surface area contributed by atoms with Gasteiger partial charge in [-0.1, -0.05) is 32.8 Å². The molecule has 0 bridgehead atoms. The van der Waals surface area contributed by atoms with Gasteiger partial charge in [0.05, 0.1) is 17.6 Å². The van der Waals surface area contributed by atoms with Crippen molar-refractivity contribution in [3.05, 3.63) is 48.3 Å². The molecule has 4 rings (SSSR count). The monoisotopic (exact) mass is 370 g/mol. The fourth-order valence-corrected chi connectivity index (χ4v) is 3.91. The van der Waals surface area contributed by atoms with E-state index in [1.54, 1.807) is 16.7 Å². The third-order valence-corrected chi connectivity index (χ3v) is 5.62. The quantitative estimate of drug-likeness (QED) is 0.639. The van der Waals surface area contributed by atoms with Crippen LogP contribution >= 0.6 is 0 Å². The summed E-state index contributed by atoms with van der Waals surface area (Å²) in [6.45, 7) is 4.59. The van der Waals surface area contributed by atoms with Crippen molar-refractivity contribution in [3.63, 3.8) is 0 Å². The van der Waals surface area contributed by atoms with Gasteiger partial charge in [-0.15, -0.1) is 0 Å². The Balaban J connectivity index is 1.66. The van der Waals surface area contributed by atoms with E-state index in [4.69, 9.17) is 4.98 Å². The average Bonchev–Trinajstić information content (AvgIpc) is 3.07. The predicted octanol–water partition coefficient (Wildman–Crippen LogP) is 5.71. The fraction of sp³-hybridized carbons (Fsp3) is 0.429. The highest BCUT2D eigenvalue weighted by atomic mass is 19.3. The van der Waals surface area contributed by atoms with Crippen molar-refractivity contribution in [2.45, 2.75) is 52.0 Å². The lowest BCUT2D eigenvalue weighted by Crippen LogP contribution is -2.39. The van der Waals surface area contributed by atoms with Crippen LogP contribution in [0.1, 0.15) is 51.5 Å². The summed E-state index contributed by atoms with van der Waals surface area (Å²) in [5.41, 5.74) is 2.25. The van der Waals surface area contributed by atoms with E-state index in [0.29, 0.717) is 23.1 Å². The van der Waals surface area contributed by atoms with Crippen LogP contribution in [0.3, 0.4) is 0 Å². The molecule has 1 fully saturated rings. The van der Waals surface area contributed by atoms with Gasteiger partial charge in [-0.2, -0.15) is 0 Å². The fourth-order valence-electron chi connectivity index (χ4n) is 3.91. The SMILES string of the molecule is CC1(C)CCCCC1Nc1cccc(-c2cnc3ccc(C(F)F)cn23)n1. The van der Waals surface area contributed by atoms with Crippen LogP contribution in [-0.4, -0.2) is 20.4 Å². The Bertz CT molecular complexity index is 948. The molecule has 0 radical (unpaired) electrons. The largest absolute Gasteiger partial charge is 0.367 e. The van der Waals surface area contributed by atoms with Crippen LogP contribution in [0.4, 0.5) is 14.6 Å². The van der Waals surface area contributed by atoms with E-state index in [2.05, 4.69) is 24.1 Å². The highest BCUT2D eigenvalue weighted by Crippen LogP contribution is 2.37. The Morgan fingerprint density at radius 3 is 2.81 bits per heavy atom. The second-order valence-corrected chi connectivity index (χ2v) is 7.97. The zero-order valence-corrected chi connectivity index (χ0v) is 15.6. The molecule has 0 amide bonds. The van der Waals surface area contributed by atoms with Gasteiger partial charge < -0.3 is 5.32 Å². The van der Waals surface area contributed by atoms with Gasteiger partial charge in [-0.25, -0.2) is 18.7 Å². The summed E-state index contributed by atoms with van der Waals surface area (Å²) in [6.07, 6.45) is 5.44. The molecule has 1 aliphatic rings. The Kier molecular flexibility index (Phi) is 4.58. The lowest BCUT2D eigenvalue weighted by atomic mass is 9.73. The first-order valence-corrected chi connectivity index (χ1v) is 9.43. The maximum atomic E-state index is 13.1. The minimum atomic E-state index is -2.51. The first-order chi connectivity index (χ1) is 12.9. The topological polar surface area (TPSA) is 42.2 Å². The first-order valence-electron chi connectivity index (χ1n) is 9.43. The van der Waals surface area contributed by atoms with Crippen molar-refractivity contribution >= 4 is 11.5 Å². The number of halogens is 2. The minimum Gasteiger partial charge on any atom is -0.367 e. The molecule has 0 aromatic carbocycles. The number of nitrogens with zero attached hydrogens (tertiary/aromatic N) is 3. The molecule has 1 saturated carbocycles. The number of hydrogen-bond acceptors (Lipinski definition) is 3. The second kappa shape index (κ2) is 6.91. The molecule has 3 aromatic rings. The molecule has 4 nitrogen and oxygen atoms in total. The lowest BCUT2D eigenvalue weighted by Gasteiger charge is -2.39. The molecule has 3 aromatic heterocycles. The Labute approximate surface area is 157 Å². The van der Waals surface area contributed by atoms with Crippen LogP contribution in [0.15, 0.2) is 42.7 Å². The van der Waals surface area contributed by atoms with Gasteiger partial charge in [0.2, 0.25) is 0 Å². The van der Waals surface area contributed by atoms with E-state index in [9.17, 15) is 8.78 Å². The maximum Gasteiger partial charge on any atom is 0.265 e. The standard InChI is InChI=1S/C21H24F2N4/c1-21(2)11-4-3-7-17(21)26-18-8-5-6-15(25-18)16-12-24-19-10-9-14(20(22)23)13-27(16)19/h5-6,8-10,12-13,17,20H,3-4,7,11H2,1-2H3,(H,25,26). The summed E-state index contributed by atoms with van der Waals surface area (Å²) < 4.78 is 27.8. The third kappa shape index (κ3) is 3.53. The molecular weight excluding hydrogens is 346 g/mol. The zero-order valence-electron chi connectivity index (χ0n) is 15.6. The number of anilines is 1. The molecule has 0 saturated heterocycles. The molecule has 0 aliphatic heterocycles. The van der Waals surface area contributed by atoms with E-state index in [0.717, 1.165) is 12.2 Å². The summed E-state index contributed by atoms with van der Waals surface area (Å²) in [5, 5.41) is 3.59. The number of aromatic nitrogens is 3. The molecule has 1 N–H and O–H groups in total. The van der Waals surface area contributed by atoms with Crippen molar-refractivity contribution in [3.8, 4) is 11.4 Å². The molecule has 1 aliphatic carbocycles. The van der Waals surface area contributed by atoms with Crippen molar-refractivity contribution in [2.24, 2.45) is 5.41 Å². The Morgan fingerprint density at radius 2 is 2.04 bits per heavy atom. The van der Waals surface area contributed by atoms with Crippen LogP contribution in [0.5, 0.6) is 0 Å². The van der Waals surface area contributed by atoms with E-state index in [-0.39, 0.29) is 11.0 Å². The summed E-state index contributed by atoms with van der Waals surface area (Å²) in [7, 11) is 0. The van der Waals surface area contributed by atoms with Crippen molar-refractivity contribution in [1.82, 2.24) is 14.4 Å². The van der Waals surface area contributed by atoms with E-state index < -0.39 is 6.43 Å². The number of imidazole rings is 1. The zero-order chi connectivity index (χ0) is 19.0. The maximum absolute atomic E-state index is 13.1. The third-order valence-electron chi connectivity index (χ3n) is 5.62. The van der Waals surface area contributed by atoms with Gasteiger partial charge in [0, 0.05) is 17.8 Å². The Morgan fingerprint density at radius 1 is 1.19 bits per heavy atom. The van der Waals surface area contributed by atoms with Crippen LogP contribution in [0.25, 0.3) is 17.0 Å². The summed E-state index contributed by atoms with van der Waals surface area (Å²) in [6, 6.07) is 9.18. The molecule has 0 spiro atoms. The van der Waals surface area contributed by atoms with Crippen LogP contribution < -0.4 is 5.32 Å². The molecule has 1 atom stereocenters. The van der Waals surface area contributed by atoms with Gasteiger partial charge in [-0.3, -0.25) is 4.40 Å². The molecule has 142 valence electrons. The molecule has 1 unspecified atom stereocenters. The number of pyridine rings is 2. The average molecular weight is 370 g/mol. The molecule has 6 heteroatoms. The number of nitrogens with one attached hydrogen (secondary N) is 1. The van der Waals surface area contributed by atoms with Crippen molar-refractivity contribution in [2.75, 3.05) is 5.32 Å². The van der Waals surface area contributed by atoms with E-state index >= 15 is 0 Å².